The van der Waals surface area contributed by atoms with Gasteiger partial charge in [0.05, 0.1) is 6.20 Å². The largest absolute Gasteiger partial charge is 0.449 e. The molecule has 1 aromatic heterocycles. The van der Waals surface area contributed by atoms with Crippen molar-refractivity contribution in [3.05, 3.63) is 17.7 Å². The number of nitrogens with zero attached hydrogens (tertiary/aromatic N) is 2. The molecule has 8 heteroatoms. The Hall–Kier alpha value is -1.21. The molecular weight excluding hydrogens is 214 g/mol. The summed E-state index contributed by atoms with van der Waals surface area (Å²) in [5, 5.41) is 0. The molecule has 0 amide bonds. The summed E-state index contributed by atoms with van der Waals surface area (Å²) in [6.07, 6.45) is -9.55. The summed E-state index contributed by atoms with van der Waals surface area (Å²) >= 11 is 0. The maximum Gasteiger partial charge on any atom is 0.449 e. The second-order valence-corrected chi connectivity index (χ2v) is 2.52. The highest BCUT2D eigenvalue weighted by atomic mass is 19.4. The van der Waals surface area contributed by atoms with Crippen molar-refractivity contribution < 1.29 is 26.3 Å². The lowest BCUT2D eigenvalue weighted by molar-refractivity contribution is -0.153. The van der Waals surface area contributed by atoms with Crippen molar-refractivity contribution in [3.8, 4) is 0 Å². The molecule has 0 spiro atoms. The summed E-state index contributed by atoms with van der Waals surface area (Å²) in [4.78, 5) is 2.67. The fraction of sp³-hybridized carbons (Fsp3) is 0.500. The fourth-order valence-corrected chi connectivity index (χ4v) is 0.936. The molecule has 2 nitrogen and oxygen atoms in total. The lowest BCUT2D eigenvalue weighted by Crippen LogP contribution is -2.17. The van der Waals surface area contributed by atoms with Crippen LogP contribution in [0.3, 0.4) is 0 Å². The highest BCUT2D eigenvalue weighted by molar-refractivity contribution is 5.10. The van der Waals surface area contributed by atoms with Gasteiger partial charge < -0.3 is 4.57 Å². The molecule has 0 saturated carbocycles. The van der Waals surface area contributed by atoms with Gasteiger partial charge in [0, 0.05) is 7.05 Å². The first-order valence-electron chi connectivity index (χ1n) is 3.30. The van der Waals surface area contributed by atoms with Gasteiger partial charge in [-0.1, -0.05) is 0 Å². The molecule has 0 fully saturated rings. The van der Waals surface area contributed by atoms with Crippen molar-refractivity contribution in [1.29, 1.82) is 0 Å². The monoisotopic (exact) mass is 218 g/mol. The van der Waals surface area contributed by atoms with E-state index in [4.69, 9.17) is 0 Å². The van der Waals surface area contributed by atoms with Gasteiger partial charge in [-0.3, -0.25) is 0 Å². The van der Waals surface area contributed by atoms with Gasteiger partial charge in [0.1, 0.15) is 5.69 Å². The zero-order chi connectivity index (χ0) is 11.1. The molecule has 1 aromatic rings. The molecule has 0 aliphatic rings. The Morgan fingerprint density at radius 1 is 1.07 bits per heavy atom. The van der Waals surface area contributed by atoms with Gasteiger partial charge >= 0.3 is 12.4 Å². The van der Waals surface area contributed by atoms with E-state index >= 15 is 0 Å². The number of hydrogen-bond acceptors (Lipinski definition) is 1. The van der Waals surface area contributed by atoms with E-state index in [0.29, 0.717) is 7.05 Å². The van der Waals surface area contributed by atoms with Crippen LogP contribution in [0.2, 0.25) is 0 Å². The predicted molar refractivity (Wildman–Crippen MR) is 33.2 cm³/mol. The zero-order valence-electron chi connectivity index (χ0n) is 6.74. The SMILES string of the molecule is Cn1c(C(F)(F)F)cnc1C(F)(F)F. The normalized spacial score (nSPS) is 13.4. The number of alkyl halides is 6. The fourth-order valence-electron chi connectivity index (χ4n) is 0.936. The standard InChI is InChI=1S/C6H4F6N2/c1-14-3(5(7,8)9)2-13-4(14)6(10,11)12/h2H,1H3. The summed E-state index contributed by atoms with van der Waals surface area (Å²) in [5.74, 6) is -1.56. The molecule has 0 atom stereocenters. The number of aromatic nitrogens is 2. The van der Waals surface area contributed by atoms with Gasteiger partial charge in [0.15, 0.2) is 0 Å². The van der Waals surface area contributed by atoms with E-state index in [1.807, 2.05) is 0 Å². The highest BCUT2D eigenvalue weighted by Gasteiger charge is 2.42. The average molecular weight is 218 g/mol. The molecule has 0 aromatic carbocycles. The minimum Gasteiger partial charge on any atom is -0.320 e. The van der Waals surface area contributed by atoms with E-state index in [1.165, 1.54) is 0 Å². The molecule has 0 radical (unpaired) electrons. The highest BCUT2D eigenvalue weighted by Crippen LogP contribution is 2.34. The Kier molecular flexibility index (Phi) is 2.24. The molecule has 14 heavy (non-hydrogen) atoms. The third kappa shape index (κ3) is 1.83. The van der Waals surface area contributed by atoms with Crippen LogP contribution in [0.1, 0.15) is 11.5 Å². The van der Waals surface area contributed by atoms with Crippen molar-refractivity contribution in [2.24, 2.45) is 7.05 Å². The van der Waals surface area contributed by atoms with Crippen LogP contribution in [0, 0.1) is 0 Å². The molecule has 0 aliphatic heterocycles. The second-order valence-electron chi connectivity index (χ2n) is 2.52. The van der Waals surface area contributed by atoms with Crippen LogP contribution >= 0.6 is 0 Å². The Morgan fingerprint density at radius 3 is 1.79 bits per heavy atom. The van der Waals surface area contributed by atoms with Gasteiger partial charge in [-0.2, -0.15) is 26.3 Å². The first-order valence-corrected chi connectivity index (χ1v) is 3.30. The molecule has 0 saturated heterocycles. The molecule has 80 valence electrons. The topological polar surface area (TPSA) is 17.8 Å². The molecule has 1 rings (SSSR count). The van der Waals surface area contributed by atoms with Crippen molar-refractivity contribution >= 4 is 0 Å². The first kappa shape index (κ1) is 10.9. The number of hydrogen-bond donors (Lipinski definition) is 0. The van der Waals surface area contributed by atoms with E-state index < -0.39 is 23.9 Å². The van der Waals surface area contributed by atoms with E-state index in [-0.39, 0.29) is 10.8 Å². The summed E-state index contributed by atoms with van der Waals surface area (Å²) in [6.45, 7) is 0. The third-order valence-corrected chi connectivity index (χ3v) is 1.53. The van der Waals surface area contributed by atoms with E-state index in [2.05, 4.69) is 4.98 Å². The quantitative estimate of drug-likeness (QED) is 0.611. The Labute approximate surface area is 74.2 Å². The predicted octanol–water partition coefficient (Wildman–Crippen LogP) is 2.46. The summed E-state index contributed by atoms with van der Waals surface area (Å²) in [5.41, 5.74) is -1.43. The first-order chi connectivity index (χ1) is 6.14. The minimum atomic E-state index is -4.88. The zero-order valence-corrected chi connectivity index (χ0v) is 6.74. The Balaban J connectivity index is 3.23. The number of rotatable bonds is 0. The molecule has 0 unspecified atom stereocenters. The van der Waals surface area contributed by atoms with Crippen molar-refractivity contribution in [2.45, 2.75) is 12.4 Å². The van der Waals surface area contributed by atoms with Gasteiger partial charge in [-0.15, -0.1) is 0 Å². The van der Waals surface area contributed by atoms with E-state index in [1.54, 1.807) is 0 Å². The van der Waals surface area contributed by atoms with Crippen molar-refractivity contribution in [3.63, 3.8) is 0 Å². The van der Waals surface area contributed by atoms with Crippen molar-refractivity contribution in [1.82, 2.24) is 9.55 Å². The van der Waals surface area contributed by atoms with Crippen LogP contribution in [-0.2, 0) is 19.4 Å². The van der Waals surface area contributed by atoms with Crippen LogP contribution in [0.25, 0.3) is 0 Å². The van der Waals surface area contributed by atoms with E-state index in [0.717, 1.165) is 0 Å². The number of halogens is 6. The summed E-state index contributed by atoms with van der Waals surface area (Å²) < 4.78 is 72.0. The van der Waals surface area contributed by atoms with Crippen LogP contribution in [0.4, 0.5) is 26.3 Å². The van der Waals surface area contributed by atoms with E-state index in [9.17, 15) is 26.3 Å². The number of imidazole rings is 1. The van der Waals surface area contributed by atoms with Crippen molar-refractivity contribution in [2.75, 3.05) is 0 Å². The van der Waals surface area contributed by atoms with Crippen LogP contribution in [-0.4, -0.2) is 9.55 Å². The summed E-state index contributed by atoms with van der Waals surface area (Å²) in [6, 6.07) is 0. The Bertz CT molecular complexity index is 302. The molecule has 0 aliphatic carbocycles. The lowest BCUT2D eigenvalue weighted by Gasteiger charge is -2.10. The minimum absolute atomic E-state index is 0.0278. The maximum atomic E-state index is 12.0. The lowest BCUT2D eigenvalue weighted by atomic mass is 10.4. The van der Waals surface area contributed by atoms with Gasteiger partial charge in [-0.25, -0.2) is 4.98 Å². The molecule has 0 N–H and O–H groups in total. The average Bonchev–Trinajstić information content (AvgIpc) is 2.26. The van der Waals surface area contributed by atoms with Gasteiger partial charge in [-0.05, 0) is 0 Å². The van der Waals surface area contributed by atoms with Gasteiger partial charge in [0.2, 0.25) is 5.82 Å². The summed E-state index contributed by atoms with van der Waals surface area (Å²) in [7, 11) is 0.665. The van der Waals surface area contributed by atoms with Crippen LogP contribution in [0.5, 0.6) is 0 Å². The van der Waals surface area contributed by atoms with Crippen LogP contribution in [0.15, 0.2) is 6.20 Å². The second kappa shape index (κ2) is 2.89. The maximum absolute atomic E-state index is 12.0. The molecule has 0 bridgehead atoms. The smallest absolute Gasteiger partial charge is 0.320 e. The third-order valence-electron chi connectivity index (χ3n) is 1.53. The van der Waals surface area contributed by atoms with Gasteiger partial charge in [0.25, 0.3) is 0 Å². The molecule has 1 heterocycles. The molecular formula is C6H4F6N2. The Morgan fingerprint density at radius 2 is 1.57 bits per heavy atom. The van der Waals surface area contributed by atoms with Crippen LogP contribution < -0.4 is 0 Å².